The molecule has 0 aromatic heterocycles. The van der Waals surface area contributed by atoms with E-state index in [9.17, 15) is 8.78 Å². The lowest BCUT2D eigenvalue weighted by Crippen LogP contribution is -2.00. The Morgan fingerprint density at radius 2 is 1.83 bits per heavy atom. The van der Waals surface area contributed by atoms with Crippen molar-refractivity contribution in [1.82, 2.24) is 0 Å². The third kappa shape index (κ3) is 3.07. The van der Waals surface area contributed by atoms with E-state index in [2.05, 4.69) is 15.9 Å². The Morgan fingerprint density at radius 1 is 1.06 bits per heavy atom. The van der Waals surface area contributed by atoms with Crippen LogP contribution in [0.25, 0.3) is 0 Å². The van der Waals surface area contributed by atoms with Gasteiger partial charge >= 0.3 is 0 Å². The Labute approximate surface area is 113 Å². The Hall–Kier alpha value is -1.42. The molecule has 0 heterocycles. The summed E-state index contributed by atoms with van der Waals surface area (Å²) in [4.78, 5) is 0. The van der Waals surface area contributed by atoms with Crippen molar-refractivity contribution in [3.63, 3.8) is 0 Å². The van der Waals surface area contributed by atoms with Crippen LogP contribution in [-0.4, -0.2) is 0 Å². The zero-order chi connectivity index (χ0) is 13.0. The molecule has 94 valence electrons. The van der Waals surface area contributed by atoms with Crippen molar-refractivity contribution >= 4 is 15.9 Å². The molecule has 0 unspecified atom stereocenters. The third-order valence-corrected chi connectivity index (χ3v) is 3.13. The molecule has 0 aliphatic rings. The minimum absolute atomic E-state index is 0.00926. The smallest absolute Gasteiger partial charge is 0.165 e. The van der Waals surface area contributed by atoms with E-state index in [4.69, 9.17) is 4.74 Å². The molecule has 0 aliphatic heterocycles. The molecule has 4 heteroatoms. The number of benzene rings is 2. The highest BCUT2D eigenvalue weighted by atomic mass is 79.9. The quantitative estimate of drug-likeness (QED) is 0.758. The van der Waals surface area contributed by atoms with Gasteiger partial charge in [-0.05, 0) is 23.8 Å². The van der Waals surface area contributed by atoms with Crippen LogP contribution in [0.15, 0.2) is 42.5 Å². The average Bonchev–Trinajstić information content (AvgIpc) is 2.41. The standard InChI is InChI=1S/C14H11BrF2O/c15-8-10-3-1-5-12(7-10)18-9-11-4-2-6-13(16)14(11)17/h1-7H,8-9H2. The summed E-state index contributed by atoms with van der Waals surface area (Å²) in [5.41, 5.74) is 1.27. The van der Waals surface area contributed by atoms with Gasteiger partial charge in [0.15, 0.2) is 11.6 Å². The van der Waals surface area contributed by atoms with Crippen LogP contribution in [0.3, 0.4) is 0 Å². The molecule has 2 aromatic carbocycles. The molecule has 0 bridgehead atoms. The molecule has 0 radical (unpaired) electrons. The summed E-state index contributed by atoms with van der Waals surface area (Å²) >= 11 is 3.34. The number of ether oxygens (including phenoxy) is 1. The highest BCUT2D eigenvalue weighted by molar-refractivity contribution is 9.08. The lowest BCUT2D eigenvalue weighted by Gasteiger charge is -2.08. The van der Waals surface area contributed by atoms with Crippen LogP contribution in [0.5, 0.6) is 5.75 Å². The first kappa shape index (κ1) is 13.0. The highest BCUT2D eigenvalue weighted by Crippen LogP contribution is 2.18. The van der Waals surface area contributed by atoms with Gasteiger partial charge in [0.05, 0.1) is 0 Å². The van der Waals surface area contributed by atoms with Crippen molar-refractivity contribution in [2.24, 2.45) is 0 Å². The number of hydrogen-bond donors (Lipinski definition) is 0. The van der Waals surface area contributed by atoms with Gasteiger partial charge < -0.3 is 4.74 Å². The van der Waals surface area contributed by atoms with Gasteiger partial charge in [0.25, 0.3) is 0 Å². The van der Waals surface area contributed by atoms with E-state index in [1.165, 1.54) is 12.1 Å². The van der Waals surface area contributed by atoms with Crippen molar-refractivity contribution in [1.29, 1.82) is 0 Å². The predicted octanol–water partition coefficient (Wildman–Crippen LogP) is 4.44. The Bertz CT molecular complexity index is 543. The van der Waals surface area contributed by atoms with Gasteiger partial charge in [0.1, 0.15) is 12.4 Å². The third-order valence-electron chi connectivity index (χ3n) is 2.48. The summed E-state index contributed by atoms with van der Waals surface area (Å²) in [6, 6.07) is 11.5. The molecule has 0 spiro atoms. The summed E-state index contributed by atoms with van der Waals surface area (Å²) in [7, 11) is 0. The number of alkyl halides is 1. The summed E-state index contributed by atoms with van der Waals surface area (Å²) in [5.74, 6) is -1.07. The van der Waals surface area contributed by atoms with Crippen LogP contribution in [0.4, 0.5) is 8.78 Å². The Kier molecular flexibility index (Phi) is 4.31. The maximum absolute atomic E-state index is 13.4. The fourth-order valence-electron chi connectivity index (χ4n) is 1.54. The first-order valence-electron chi connectivity index (χ1n) is 5.41. The van der Waals surface area contributed by atoms with E-state index in [1.807, 2.05) is 18.2 Å². The van der Waals surface area contributed by atoms with Crippen molar-refractivity contribution in [2.45, 2.75) is 11.9 Å². The van der Waals surface area contributed by atoms with Crippen molar-refractivity contribution < 1.29 is 13.5 Å². The lowest BCUT2D eigenvalue weighted by atomic mass is 10.2. The van der Waals surface area contributed by atoms with Crippen molar-refractivity contribution in [2.75, 3.05) is 0 Å². The number of halogens is 3. The molecule has 0 saturated heterocycles. The summed E-state index contributed by atoms with van der Waals surface area (Å²) < 4.78 is 31.8. The van der Waals surface area contributed by atoms with E-state index < -0.39 is 11.6 Å². The molecule has 0 saturated carbocycles. The van der Waals surface area contributed by atoms with Crippen LogP contribution >= 0.6 is 15.9 Å². The minimum atomic E-state index is -0.856. The van der Waals surface area contributed by atoms with Crippen LogP contribution < -0.4 is 4.74 Å². The Balaban J connectivity index is 2.09. The molecule has 2 aromatic rings. The van der Waals surface area contributed by atoms with Crippen LogP contribution in [0.1, 0.15) is 11.1 Å². The number of hydrogen-bond acceptors (Lipinski definition) is 1. The average molecular weight is 313 g/mol. The van der Waals surface area contributed by atoms with Crippen LogP contribution in [-0.2, 0) is 11.9 Å². The van der Waals surface area contributed by atoms with Gasteiger partial charge in [-0.2, -0.15) is 0 Å². The van der Waals surface area contributed by atoms with Gasteiger partial charge in [-0.25, -0.2) is 8.78 Å². The molecule has 18 heavy (non-hydrogen) atoms. The zero-order valence-electron chi connectivity index (χ0n) is 9.50. The second-order valence-corrected chi connectivity index (χ2v) is 4.34. The molecule has 1 nitrogen and oxygen atoms in total. The second kappa shape index (κ2) is 5.96. The van der Waals surface area contributed by atoms with E-state index in [1.54, 1.807) is 6.07 Å². The molecule has 0 fully saturated rings. The van der Waals surface area contributed by atoms with E-state index in [-0.39, 0.29) is 12.2 Å². The maximum atomic E-state index is 13.4. The van der Waals surface area contributed by atoms with Crippen LogP contribution in [0, 0.1) is 11.6 Å². The van der Waals surface area contributed by atoms with Gasteiger partial charge in [-0.1, -0.05) is 40.2 Å². The largest absolute Gasteiger partial charge is 0.489 e. The van der Waals surface area contributed by atoms with Gasteiger partial charge in [0, 0.05) is 10.9 Å². The first-order chi connectivity index (χ1) is 8.70. The monoisotopic (exact) mass is 312 g/mol. The predicted molar refractivity (Wildman–Crippen MR) is 69.8 cm³/mol. The summed E-state index contributed by atoms with van der Waals surface area (Å²) in [6.07, 6.45) is 0. The molecular formula is C14H11BrF2O. The maximum Gasteiger partial charge on any atom is 0.165 e. The summed E-state index contributed by atoms with van der Waals surface area (Å²) in [5, 5.41) is 0.721. The summed E-state index contributed by atoms with van der Waals surface area (Å²) in [6.45, 7) is 0.00926. The van der Waals surface area contributed by atoms with Gasteiger partial charge in [0.2, 0.25) is 0 Å². The SMILES string of the molecule is Fc1cccc(COc2cccc(CBr)c2)c1F. The fraction of sp³-hybridized carbons (Fsp3) is 0.143. The van der Waals surface area contributed by atoms with Crippen molar-refractivity contribution in [3.05, 3.63) is 65.2 Å². The normalized spacial score (nSPS) is 10.4. The fourth-order valence-corrected chi connectivity index (χ4v) is 1.89. The van der Waals surface area contributed by atoms with Crippen LogP contribution in [0.2, 0.25) is 0 Å². The molecular weight excluding hydrogens is 302 g/mol. The van der Waals surface area contributed by atoms with Gasteiger partial charge in [-0.3, -0.25) is 0 Å². The number of rotatable bonds is 4. The molecule has 0 amide bonds. The molecule has 0 atom stereocenters. The first-order valence-corrected chi connectivity index (χ1v) is 6.53. The zero-order valence-corrected chi connectivity index (χ0v) is 11.1. The van der Waals surface area contributed by atoms with Gasteiger partial charge in [-0.15, -0.1) is 0 Å². The minimum Gasteiger partial charge on any atom is -0.489 e. The molecule has 2 rings (SSSR count). The highest BCUT2D eigenvalue weighted by Gasteiger charge is 2.08. The molecule has 0 aliphatic carbocycles. The second-order valence-electron chi connectivity index (χ2n) is 3.78. The Morgan fingerprint density at radius 3 is 2.61 bits per heavy atom. The van der Waals surface area contributed by atoms with E-state index in [0.717, 1.165) is 17.0 Å². The van der Waals surface area contributed by atoms with E-state index >= 15 is 0 Å². The van der Waals surface area contributed by atoms with Crippen molar-refractivity contribution in [3.8, 4) is 5.75 Å². The topological polar surface area (TPSA) is 9.23 Å². The lowest BCUT2D eigenvalue weighted by molar-refractivity contribution is 0.297. The molecule has 0 N–H and O–H groups in total. The van der Waals surface area contributed by atoms with E-state index in [0.29, 0.717) is 5.75 Å².